The Morgan fingerprint density at radius 3 is 2.67 bits per heavy atom. The molecule has 1 aromatic rings. The molecule has 1 unspecified atom stereocenters. The van der Waals surface area contributed by atoms with Gasteiger partial charge in [-0.05, 0) is 25.0 Å². The van der Waals surface area contributed by atoms with Crippen molar-refractivity contribution in [2.45, 2.75) is 29.9 Å². The minimum Gasteiger partial charge on any atom is -0.497 e. The number of benzene rings is 1. The van der Waals surface area contributed by atoms with Gasteiger partial charge in [0, 0.05) is 18.7 Å². The molecular formula is C15H20N2O6S. The molecule has 2 fully saturated rings. The lowest BCUT2D eigenvalue weighted by Crippen LogP contribution is -2.35. The molecule has 1 N–H and O–H groups in total. The molecule has 1 aliphatic carbocycles. The fourth-order valence-corrected chi connectivity index (χ4v) is 3.85. The highest BCUT2D eigenvalue weighted by atomic mass is 32.2. The Labute approximate surface area is 140 Å². The average Bonchev–Trinajstić information content (AvgIpc) is 3.35. The third-order valence-corrected chi connectivity index (χ3v) is 5.50. The minimum atomic E-state index is -3.83. The molecule has 24 heavy (non-hydrogen) atoms. The Kier molecular flexibility index (Phi) is 4.55. The molecule has 1 heterocycles. The second kappa shape index (κ2) is 6.48. The first-order chi connectivity index (χ1) is 11.4. The molecule has 3 rings (SSSR count). The maximum Gasteiger partial charge on any atom is 0.410 e. The predicted octanol–water partition coefficient (Wildman–Crippen LogP) is 0.965. The maximum atomic E-state index is 12.5. The van der Waals surface area contributed by atoms with Crippen molar-refractivity contribution in [3.63, 3.8) is 0 Å². The highest BCUT2D eigenvalue weighted by Gasteiger charge is 2.41. The zero-order chi connectivity index (χ0) is 17.3. The number of hydrogen-bond acceptors (Lipinski definition) is 6. The number of methoxy groups -OCH3 is 2. The van der Waals surface area contributed by atoms with Crippen LogP contribution in [0.5, 0.6) is 11.5 Å². The summed E-state index contributed by atoms with van der Waals surface area (Å²) >= 11 is 0. The van der Waals surface area contributed by atoms with Crippen LogP contribution in [0.4, 0.5) is 4.79 Å². The molecule has 0 bridgehead atoms. The third-order valence-electron chi connectivity index (χ3n) is 4.05. The fourth-order valence-electron chi connectivity index (χ4n) is 2.61. The predicted molar refractivity (Wildman–Crippen MR) is 84.7 cm³/mol. The summed E-state index contributed by atoms with van der Waals surface area (Å²) in [5, 5.41) is 0. The van der Waals surface area contributed by atoms with Gasteiger partial charge in [0.2, 0.25) is 10.0 Å². The van der Waals surface area contributed by atoms with Gasteiger partial charge < -0.3 is 19.1 Å². The Morgan fingerprint density at radius 1 is 1.29 bits per heavy atom. The van der Waals surface area contributed by atoms with Crippen LogP contribution < -0.4 is 14.2 Å². The summed E-state index contributed by atoms with van der Waals surface area (Å²) in [6, 6.07) is 4.78. The molecule has 0 radical (unpaired) electrons. The van der Waals surface area contributed by atoms with Crippen molar-refractivity contribution in [2.24, 2.45) is 0 Å². The number of rotatable bonds is 7. The van der Waals surface area contributed by atoms with E-state index in [2.05, 4.69) is 4.72 Å². The van der Waals surface area contributed by atoms with Crippen molar-refractivity contribution < 1.29 is 27.4 Å². The van der Waals surface area contributed by atoms with Gasteiger partial charge in [-0.15, -0.1) is 0 Å². The van der Waals surface area contributed by atoms with E-state index >= 15 is 0 Å². The van der Waals surface area contributed by atoms with Crippen LogP contribution in [0.15, 0.2) is 23.1 Å². The first-order valence-electron chi connectivity index (χ1n) is 7.63. The molecule has 1 saturated carbocycles. The second-order valence-corrected chi connectivity index (χ2v) is 7.49. The van der Waals surface area contributed by atoms with E-state index in [4.69, 9.17) is 14.2 Å². The largest absolute Gasteiger partial charge is 0.497 e. The fraction of sp³-hybridized carbons (Fsp3) is 0.533. The number of cyclic esters (lactones) is 1. The minimum absolute atomic E-state index is 0.0116. The van der Waals surface area contributed by atoms with E-state index in [0.717, 1.165) is 12.8 Å². The molecule has 1 saturated heterocycles. The van der Waals surface area contributed by atoms with E-state index in [1.54, 1.807) is 11.0 Å². The highest BCUT2D eigenvalue weighted by molar-refractivity contribution is 7.89. The summed E-state index contributed by atoms with van der Waals surface area (Å²) in [5.74, 6) is 0.620. The Morgan fingerprint density at radius 2 is 2.04 bits per heavy atom. The van der Waals surface area contributed by atoms with Crippen molar-refractivity contribution in [3.8, 4) is 11.5 Å². The van der Waals surface area contributed by atoms with Crippen molar-refractivity contribution >= 4 is 16.1 Å². The third kappa shape index (κ3) is 3.41. The molecule has 2 aliphatic rings. The second-order valence-electron chi connectivity index (χ2n) is 5.76. The van der Waals surface area contributed by atoms with Gasteiger partial charge in [0.25, 0.3) is 0 Å². The van der Waals surface area contributed by atoms with Gasteiger partial charge >= 0.3 is 6.09 Å². The topological polar surface area (TPSA) is 94.2 Å². The number of nitrogens with one attached hydrogen (secondary N) is 1. The number of hydrogen-bond donors (Lipinski definition) is 1. The smallest absolute Gasteiger partial charge is 0.410 e. The summed E-state index contributed by atoms with van der Waals surface area (Å²) in [6.45, 7) is 0.416. The molecular weight excluding hydrogens is 336 g/mol. The summed E-state index contributed by atoms with van der Waals surface area (Å²) < 4.78 is 43.0. The van der Waals surface area contributed by atoms with Crippen LogP contribution in [0.3, 0.4) is 0 Å². The standard InChI is InChI=1S/C15H20N2O6S/c1-21-11-5-6-13(22-2)14(7-11)24(19,20)16-8-12-9-17(10-3-4-10)15(18)23-12/h5-7,10,12,16H,3-4,8-9H2,1-2H3. The highest BCUT2D eigenvalue weighted by Crippen LogP contribution is 2.31. The SMILES string of the molecule is COc1ccc(OC)c(S(=O)(=O)NCC2CN(C3CC3)C(=O)O2)c1. The zero-order valence-electron chi connectivity index (χ0n) is 13.5. The summed E-state index contributed by atoms with van der Waals surface area (Å²) in [6.07, 6.45) is 1.09. The van der Waals surface area contributed by atoms with Crippen LogP contribution in [-0.4, -0.2) is 58.9 Å². The Bertz CT molecular complexity index is 731. The van der Waals surface area contributed by atoms with E-state index in [1.165, 1.54) is 26.4 Å². The number of carbonyl (C=O) groups excluding carboxylic acids is 1. The summed E-state index contributed by atoms with van der Waals surface area (Å²) in [4.78, 5) is 13.4. The molecule has 8 nitrogen and oxygen atoms in total. The van der Waals surface area contributed by atoms with Crippen LogP contribution in [0, 0.1) is 0 Å². The summed E-state index contributed by atoms with van der Waals surface area (Å²) in [7, 11) is -0.977. The van der Waals surface area contributed by atoms with Crippen LogP contribution in [0.1, 0.15) is 12.8 Å². The molecule has 9 heteroatoms. The molecule has 1 aromatic carbocycles. The van der Waals surface area contributed by atoms with Crippen molar-refractivity contribution in [1.82, 2.24) is 9.62 Å². The molecule has 0 spiro atoms. The van der Waals surface area contributed by atoms with Crippen LogP contribution in [-0.2, 0) is 14.8 Å². The zero-order valence-corrected chi connectivity index (χ0v) is 14.3. The van der Waals surface area contributed by atoms with E-state index in [-0.39, 0.29) is 29.3 Å². The lowest BCUT2D eigenvalue weighted by Gasteiger charge is -2.14. The molecule has 1 aliphatic heterocycles. The number of carbonyl (C=O) groups is 1. The number of sulfonamides is 1. The number of nitrogens with zero attached hydrogens (tertiary/aromatic N) is 1. The van der Waals surface area contributed by atoms with Gasteiger partial charge in [-0.25, -0.2) is 17.9 Å². The van der Waals surface area contributed by atoms with Crippen molar-refractivity contribution in [3.05, 3.63) is 18.2 Å². The quantitative estimate of drug-likeness (QED) is 0.782. The lowest BCUT2D eigenvalue weighted by atomic mass is 10.3. The van der Waals surface area contributed by atoms with Crippen LogP contribution in [0.2, 0.25) is 0 Å². The van der Waals surface area contributed by atoms with Crippen LogP contribution in [0.25, 0.3) is 0 Å². The maximum absolute atomic E-state index is 12.5. The molecule has 0 aromatic heterocycles. The first kappa shape index (κ1) is 16.8. The van der Waals surface area contributed by atoms with Crippen molar-refractivity contribution in [2.75, 3.05) is 27.3 Å². The average molecular weight is 356 g/mol. The normalized spacial score (nSPS) is 20.8. The van der Waals surface area contributed by atoms with Gasteiger partial charge in [0.05, 0.1) is 20.8 Å². The molecule has 132 valence electrons. The van der Waals surface area contributed by atoms with E-state index in [9.17, 15) is 13.2 Å². The molecule has 1 atom stereocenters. The van der Waals surface area contributed by atoms with Crippen molar-refractivity contribution in [1.29, 1.82) is 0 Å². The monoisotopic (exact) mass is 356 g/mol. The Balaban J connectivity index is 1.69. The Hall–Kier alpha value is -2.00. The first-order valence-corrected chi connectivity index (χ1v) is 9.12. The van der Waals surface area contributed by atoms with E-state index in [1.807, 2.05) is 0 Å². The van der Waals surface area contributed by atoms with Gasteiger partial charge in [-0.3, -0.25) is 0 Å². The summed E-state index contributed by atoms with van der Waals surface area (Å²) in [5.41, 5.74) is 0. The molecule has 1 amide bonds. The van der Waals surface area contributed by atoms with Gasteiger partial charge in [-0.2, -0.15) is 0 Å². The van der Waals surface area contributed by atoms with Gasteiger partial charge in [-0.1, -0.05) is 0 Å². The number of amides is 1. The number of ether oxygens (including phenoxy) is 3. The van der Waals surface area contributed by atoms with E-state index < -0.39 is 16.1 Å². The lowest BCUT2D eigenvalue weighted by molar-refractivity contribution is 0.133. The van der Waals surface area contributed by atoms with Gasteiger partial charge in [0.1, 0.15) is 22.5 Å². The van der Waals surface area contributed by atoms with E-state index in [0.29, 0.717) is 12.3 Å². The van der Waals surface area contributed by atoms with Gasteiger partial charge in [0.15, 0.2) is 0 Å². The van der Waals surface area contributed by atoms with Crippen LogP contribution >= 0.6 is 0 Å².